The van der Waals surface area contributed by atoms with E-state index in [0.717, 1.165) is 0 Å². The van der Waals surface area contributed by atoms with Crippen molar-refractivity contribution in [3.05, 3.63) is 30.6 Å². The molecule has 0 atom stereocenters. The van der Waals surface area contributed by atoms with Crippen molar-refractivity contribution in [2.75, 3.05) is 0 Å². The minimum Gasteiger partial charge on any atom is -0.335 e. The first-order chi connectivity index (χ1) is 4.61. The van der Waals surface area contributed by atoms with Gasteiger partial charge in [-0.05, 0) is 0 Å². The van der Waals surface area contributed by atoms with Gasteiger partial charge < -0.3 is 5.11 Å². The van der Waals surface area contributed by atoms with Gasteiger partial charge in [0.05, 0.1) is 0 Å². The second-order valence-electron chi connectivity index (χ2n) is 2.78. The van der Waals surface area contributed by atoms with Gasteiger partial charge in [-0.1, -0.05) is 6.07 Å². The fraction of sp³-hybridized carbons (Fsp3) is 0.375. The lowest BCUT2D eigenvalue weighted by Crippen LogP contribution is -2.51. The molecular formula is C8H12NO+. The highest BCUT2D eigenvalue weighted by molar-refractivity contribution is 4.84. The lowest BCUT2D eigenvalue weighted by molar-refractivity contribution is -0.799. The Morgan fingerprint density at radius 2 is 1.60 bits per heavy atom. The van der Waals surface area contributed by atoms with Crippen LogP contribution in [0.15, 0.2) is 30.6 Å². The van der Waals surface area contributed by atoms with E-state index < -0.39 is 5.72 Å². The molecule has 0 aromatic carbocycles. The zero-order valence-corrected chi connectivity index (χ0v) is 6.28. The zero-order valence-electron chi connectivity index (χ0n) is 6.28. The van der Waals surface area contributed by atoms with Gasteiger partial charge in [-0.2, -0.15) is 4.57 Å². The van der Waals surface area contributed by atoms with Crippen molar-refractivity contribution >= 4 is 0 Å². The first kappa shape index (κ1) is 7.22. The van der Waals surface area contributed by atoms with E-state index in [-0.39, 0.29) is 0 Å². The summed E-state index contributed by atoms with van der Waals surface area (Å²) in [6.45, 7) is 3.49. The number of nitrogens with zero attached hydrogens (tertiary/aromatic N) is 1. The van der Waals surface area contributed by atoms with Gasteiger partial charge in [0.2, 0.25) is 0 Å². The van der Waals surface area contributed by atoms with Crippen molar-refractivity contribution in [3.8, 4) is 0 Å². The summed E-state index contributed by atoms with van der Waals surface area (Å²) in [4.78, 5) is 0. The van der Waals surface area contributed by atoms with Gasteiger partial charge in [0.1, 0.15) is 0 Å². The fourth-order valence-electron chi connectivity index (χ4n) is 0.763. The van der Waals surface area contributed by atoms with Gasteiger partial charge in [0.15, 0.2) is 12.4 Å². The van der Waals surface area contributed by atoms with Gasteiger partial charge in [0, 0.05) is 26.0 Å². The Morgan fingerprint density at radius 1 is 1.10 bits per heavy atom. The molecule has 54 valence electrons. The van der Waals surface area contributed by atoms with E-state index in [1.54, 1.807) is 18.4 Å². The average Bonchev–Trinajstić information content (AvgIpc) is 1.88. The van der Waals surface area contributed by atoms with Crippen molar-refractivity contribution in [1.82, 2.24) is 0 Å². The van der Waals surface area contributed by atoms with Crippen molar-refractivity contribution < 1.29 is 9.67 Å². The maximum atomic E-state index is 9.45. The third-order valence-electron chi connectivity index (χ3n) is 1.35. The molecule has 0 radical (unpaired) electrons. The van der Waals surface area contributed by atoms with E-state index in [9.17, 15) is 5.11 Å². The third-order valence-corrected chi connectivity index (χ3v) is 1.35. The summed E-state index contributed by atoms with van der Waals surface area (Å²) < 4.78 is 1.74. The maximum absolute atomic E-state index is 9.45. The third kappa shape index (κ3) is 1.54. The summed E-state index contributed by atoms with van der Waals surface area (Å²) in [5, 5.41) is 9.45. The average molecular weight is 138 g/mol. The van der Waals surface area contributed by atoms with Crippen LogP contribution in [0, 0.1) is 0 Å². The van der Waals surface area contributed by atoms with Crippen LogP contribution in [0.2, 0.25) is 0 Å². The van der Waals surface area contributed by atoms with Crippen LogP contribution in [0.1, 0.15) is 13.8 Å². The van der Waals surface area contributed by atoms with Gasteiger partial charge in [0.25, 0.3) is 5.72 Å². The van der Waals surface area contributed by atoms with Crippen LogP contribution in [-0.4, -0.2) is 5.11 Å². The summed E-state index contributed by atoms with van der Waals surface area (Å²) in [6, 6.07) is 5.69. The molecule has 1 aromatic rings. The van der Waals surface area contributed by atoms with E-state index in [0.29, 0.717) is 0 Å². The Hall–Kier alpha value is -0.890. The number of rotatable bonds is 1. The Morgan fingerprint density at radius 3 is 1.90 bits per heavy atom. The molecule has 0 saturated carbocycles. The lowest BCUT2D eigenvalue weighted by Gasteiger charge is -2.09. The molecule has 1 rings (SSSR count). The van der Waals surface area contributed by atoms with Crippen LogP contribution in [0.4, 0.5) is 0 Å². The van der Waals surface area contributed by atoms with Crippen LogP contribution < -0.4 is 4.57 Å². The Balaban J connectivity index is 2.97. The van der Waals surface area contributed by atoms with Crippen LogP contribution in [0.3, 0.4) is 0 Å². The van der Waals surface area contributed by atoms with Crippen molar-refractivity contribution in [3.63, 3.8) is 0 Å². The molecule has 2 heteroatoms. The topological polar surface area (TPSA) is 24.1 Å². The molecule has 0 aliphatic heterocycles. The molecule has 0 aliphatic rings. The van der Waals surface area contributed by atoms with E-state index in [1.807, 2.05) is 30.6 Å². The first-order valence-corrected chi connectivity index (χ1v) is 3.30. The summed E-state index contributed by atoms with van der Waals surface area (Å²) in [5.41, 5.74) is -0.790. The molecule has 1 aromatic heterocycles. The second kappa shape index (κ2) is 2.39. The molecule has 1 N–H and O–H groups in total. The standard InChI is InChI=1S/C8H12NO/c1-8(2,10)9-6-4-3-5-7-9/h3-7,10H,1-2H3/q+1. The monoisotopic (exact) mass is 138 g/mol. The number of hydrogen-bond acceptors (Lipinski definition) is 1. The highest BCUT2D eigenvalue weighted by atomic mass is 16.3. The van der Waals surface area contributed by atoms with E-state index in [1.165, 1.54) is 0 Å². The second-order valence-corrected chi connectivity index (χ2v) is 2.78. The molecule has 0 amide bonds. The number of hydrogen-bond donors (Lipinski definition) is 1. The number of pyridine rings is 1. The quantitative estimate of drug-likeness (QED) is 0.566. The van der Waals surface area contributed by atoms with Crippen molar-refractivity contribution in [1.29, 1.82) is 0 Å². The van der Waals surface area contributed by atoms with Crippen LogP contribution in [-0.2, 0) is 5.72 Å². The summed E-state index contributed by atoms with van der Waals surface area (Å²) in [7, 11) is 0. The summed E-state index contributed by atoms with van der Waals surface area (Å²) in [6.07, 6.45) is 3.67. The van der Waals surface area contributed by atoms with Crippen LogP contribution in [0.25, 0.3) is 0 Å². The van der Waals surface area contributed by atoms with Gasteiger partial charge in [-0.15, -0.1) is 0 Å². The summed E-state index contributed by atoms with van der Waals surface area (Å²) >= 11 is 0. The predicted molar refractivity (Wildman–Crippen MR) is 38.2 cm³/mol. The van der Waals surface area contributed by atoms with Crippen LogP contribution >= 0.6 is 0 Å². The normalized spacial score (nSPS) is 11.5. The molecule has 0 bridgehead atoms. The Bertz CT molecular complexity index is 200. The SMILES string of the molecule is CC(C)(O)[n+]1ccccc1. The van der Waals surface area contributed by atoms with E-state index >= 15 is 0 Å². The van der Waals surface area contributed by atoms with Crippen LogP contribution in [0.5, 0.6) is 0 Å². The van der Waals surface area contributed by atoms with E-state index in [2.05, 4.69) is 0 Å². The van der Waals surface area contributed by atoms with Crippen molar-refractivity contribution in [2.45, 2.75) is 19.6 Å². The van der Waals surface area contributed by atoms with Gasteiger partial charge in [-0.25, -0.2) is 0 Å². The molecule has 2 nitrogen and oxygen atoms in total. The molecule has 0 fully saturated rings. The Kier molecular flexibility index (Phi) is 1.72. The molecular weight excluding hydrogens is 126 g/mol. The first-order valence-electron chi connectivity index (χ1n) is 3.30. The van der Waals surface area contributed by atoms with Crippen molar-refractivity contribution in [2.24, 2.45) is 0 Å². The smallest absolute Gasteiger partial charge is 0.263 e. The number of aromatic nitrogens is 1. The number of aliphatic hydroxyl groups is 1. The molecule has 0 unspecified atom stereocenters. The lowest BCUT2D eigenvalue weighted by atomic mass is 10.3. The predicted octanol–water partition coefficient (Wildman–Crippen LogP) is 0.659. The molecule has 0 aliphatic carbocycles. The highest BCUT2D eigenvalue weighted by Crippen LogP contribution is 1.97. The Labute approximate surface area is 60.8 Å². The minimum absolute atomic E-state index is 0.790. The maximum Gasteiger partial charge on any atom is 0.263 e. The zero-order chi connectivity index (χ0) is 7.61. The molecule has 0 spiro atoms. The van der Waals surface area contributed by atoms with E-state index in [4.69, 9.17) is 0 Å². The minimum atomic E-state index is -0.790. The molecule has 0 saturated heterocycles. The summed E-state index contributed by atoms with van der Waals surface area (Å²) in [5.74, 6) is 0. The fourth-order valence-corrected chi connectivity index (χ4v) is 0.763. The highest BCUT2D eigenvalue weighted by Gasteiger charge is 2.21. The van der Waals surface area contributed by atoms with Gasteiger partial charge >= 0.3 is 0 Å². The van der Waals surface area contributed by atoms with Gasteiger partial charge in [-0.3, -0.25) is 0 Å². The largest absolute Gasteiger partial charge is 0.335 e. The molecule has 10 heavy (non-hydrogen) atoms. The molecule has 1 heterocycles.